The number of fused-ring (bicyclic) bond motifs is 1. The van der Waals surface area contributed by atoms with Crippen LogP contribution >= 0.6 is 15.9 Å². The molecule has 15 heavy (non-hydrogen) atoms. The van der Waals surface area contributed by atoms with Gasteiger partial charge in [-0.15, -0.1) is 0 Å². The lowest BCUT2D eigenvalue weighted by Gasteiger charge is -2.32. The van der Waals surface area contributed by atoms with Gasteiger partial charge in [0.05, 0.1) is 0 Å². The Kier molecular flexibility index (Phi) is 2.50. The Morgan fingerprint density at radius 1 is 1.33 bits per heavy atom. The van der Waals surface area contributed by atoms with E-state index < -0.39 is 0 Å². The molecule has 0 saturated carbocycles. The highest BCUT2D eigenvalue weighted by molar-refractivity contribution is 9.10. The molecule has 0 aromatic heterocycles. The molecule has 0 radical (unpaired) electrons. The smallest absolute Gasteiger partial charge is 0.163 e. The minimum atomic E-state index is 0.123. The molecule has 0 atom stereocenters. The summed E-state index contributed by atoms with van der Waals surface area (Å²) < 4.78 is 1.07. The molecule has 0 saturated heterocycles. The quantitative estimate of drug-likeness (QED) is 0.694. The predicted molar refractivity (Wildman–Crippen MR) is 65.5 cm³/mol. The van der Waals surface area contributed by atoms with Crippen molar-refractivity contribution in [1.82, 2.24) is 0 Å². The average Bonchev–Trinajstić information content (AvgIpc) is 2.11. The van der Waals surface area contributed by atoms with Gasteiger partial charge in [0.2, 0.25) is 0 Å². The first-order chi connectivity index (χ1) is 6.92. The number of aryl methyl sites for hydroxylation is 1. The van der Waals surface area contributed by atoms with Crippen molar-refractivity contribution in [2.24, 2.45) is 0 Å². The summed E-state index contributed by atoms with van der Waals surface area (Å²) in [4.78, 5) is 11.9. The normalized spacial score (nSPS) is 18.8. The summed E-state index contributed by atoms with van der Waals surface area (Å²) in [5.41, 5.74) is 3.37. The van der Waals surface area contributed by atoms with Crippen molar-refractivity contribution in [3.63, 3.8) is 0 Å². The summed E-state index contributed by atoms with van der Waals surface area (Å²) in [7, 11) is 0. The van der Waals surface area contributed by atoms with Crippen LogP contribution in [0.1, 0.15) is 48.2 Å². The van der Waals surface area contributed by atoms with Gasteiger partial charge in [0.15, 0.2) is 5.78 Å². The monoisotopic (exact) mass is 266 g/mol. The molecule has 2 heteroatoms. The number of hydrogen-bond donors (Lipinski definition) is 0. The van der Waals surface area contributed by atoms with Crippen molar-refractivity contribution in [3.8, 4) is 0 Å². The van der Waals surface area contributed by atoms with Gasteiger partial charge in [0.25, 0.3) is 0 Å². The molecule has 0 amide bonds. The summed E-state index contributed by atoms with van der Waals surface area (Å²) in [6.07, 6.45) is 1.64. The first kappa shape index (κ1) is 10.9. The Morgan fingerprint density at radius 3 is 2.67 bits per heavy atom. The van der Waals surface area contributed by atoms with Crippen molar-refractivity contribution in [1.29, 1.82) is 0 Å². The van der Waals surface area contributed by atoms with Crippen LogP contribution in [0.4, 0.5) is 0 Å². The second-order valence-electron chi connectivity index (χ2n) is 4.95. The lowest BCUT2D eigenvalue weighted by molar-refractivity contribution is 0.0956. The number of carbonyl (C=O) groups is 1. The maximum atomic E-state index is 11.9. The van der Waals surface area contributed by atoms with E-state index in [-0.39, 0.29) is 5.41 Å². The zero-order valence-electron chi connectivity index (χ0n) is 9.36. The van der Waals surface area contributed by atoms with Gasteiger partial charge in [-0.25, -0.2) is 0 Å². The van der Waals surface area contributed by atoms with Gasteiger partial charge in [-0.1, -0.05) is 29.8 Å². The van der Waals surface area contributed by atoms with Crippen LogP contribution in [0.25, 0.3) is 0 Å². The number of halogens is 1. The zero-order valence-corrected chi connectivity index (χ0v) is 10.9. The molecule has 0 fully saturated rings. The number of Topliss-reactive ketones (excluding diaryl/α,β-unsaturated/α-hetero) is 1. The lowest BCUT2D eigenvalue weighted by atomic mass is 9.71. The fourth-order valence-electron chi connectivity index (χ4n) is 2.33. The van der Waals surface area contributed by atoms with E-state index in [9.17, 15) is 4.79 Å². The highest BCUT2D eigenvalue weighted by atomic mass is 79.9. The molecule has 0 N–H and O–H groups in total. The van der Waals surface area contributed by atoms with E-state index in [2.05, 4.69) is 35.8 Å². The Labute approximate surface area is 99.0 Å². The molecule has 0 bridgehead atoms. The van der Waals surface area contributed by atoms with Crippen molar-refractivity contribution >= 4 is 21.7 Å². The van der Waals surface area contributed by atoms with E-state index in [1.54, 1.807) is 0 Å². The molecule has 0 spiro atoms. The van der Waals surface area contributed by atoms with E-state index >= 15 is 0 Å². The van der Waals surface area contributed by atoms with Gasteiger partial charge in [0, 0.05) is 16.5 Å². The molecule has 0 heterocycles. The van der Waals surface area contributed by atoms with Crippen LogP contribution in [0.2, 0.25) is 0 Å². The number of hydrogen-bond acceptors (Lipinski definition) is 1. The minimum absolute atomic E-state index is 0.123. The van der Waals surface area contributed by atoms with Crippen LogP contribution in [-0.4, -0.2) is 5.78 Å². The number of ketones is 1. The van der Waals surface area contributed by atoms with Crippen LogP contribution in [0.3, 0.4) is 0 Å². The van der Waals surface area contributed by atoms with Gasteiger partial charge in [-0.2, -0.15) is 0 Å². The third-order valence-electron chi connectivity index (χ3n) is 3.29. The Bertz CT molecular complexity index is 432. The van der Waals surface area contributed by atoms with E-state index in [1.165, 1.54) is 5.56 Å². The summed E-state index contributed by atoms with van der Waals surface area (Å²) in [5, 5.41) is 0. The fourth-order valence-corrected chi connectivity index (χ4v) is 2.91. The third kappa shape index (κ3) is 1.76. The zero-order chi connectivity index (χ0) is 11.2. The average molecular weight is 267 g/mol. The largest absolute Gasteiger partial charge is 0.294 e. The van der Waals surface area contributed by atoms with Crippen molar-refractivity contribution in [2.75, 3.05) is 0 Å². The van der Waals surface area contributed by atoms with Crippen LogP contribution in [-0.2, 0) is 5.41 Å². The van der Waals surface area contributed by atoms with Crippen molar-refractivity contribution < 1.29 is 4.79 Å². The second-order valence-corrected chi connectivity index (χ2v) is 5.87. The molecule has 0 unspecified atom stereocenters. The topological polar surface area (TPSA) is 17.1 Å². The standard InChI is InChI=1S/C13H15BrO/c1-8-6-9(14)7-10-12(8)11(15)4-5-13(10,2)3/h6-7H,4-5H2,1-3H3. The molecule has 80 valence electrons. The Hall–Kier alpha value is -0.630. The highest BCUT2D eigenvalue weighted by Gasteiger charge is 2.32. The summed E-state index contributed by atoms with van der Waals surface area (Å²) in [6.45, 7) is 6.44. The molecule has 1 aliphatic rings. The van der Waals surface area contributed by atoms with Crippen LogP contribution in [0.5, 0.6) is 0 Å². The molecule has 1 nitrogen and oxygen atoms in total. The van der Waals surface area contributed by atoms with Crippen LogP contribution < -0.4 is 0 Å². The number of carbonyl (C=O) groups excluding carboxylic acids is 1. The van der Waals surface area contributed by atoms with Gasteiger partial charge >= 0.3 is 0 Å². The molecular weight excluding hydrogens is 252 g/mol. The first-order valence-electron chi connectivity index (χ1n) is 5.25. The summed E-state index contributed by atoms with van der Waals surface area (Å²) >= 11 is 3.50. The summed E-state index contributed by atoms with van der Waals surface area (Å²) in [6, 6.07) is 4.12. The van der Waals surface area contributed by atoms with Crippen LogP contribution in [0, 0.1) is 6.92 Å². The SMILES string of the molecule is Cc1cc(Br)cc2c1C(=O)CCC2(C)C. The Morgan fingerprint density at radius 2 is 2.00 bits per heavy atom. The van der Waals surface area contributed by atoms with E-state index in [1.807, 2.05) is 13.0 Å². The summed E-state index contributed by atoms with van der Waals surface area (Å²) in [5.74, 6) is 0.300. The molecule has 1 aromatic carbocycles. The van der Waals surface area contributed by atoms with Gasteiger partial charge in [-0.3, -0.25) is 4.79 Å². The number of rotatable bonds is 0. The van der Waals surface area contributed by atoms with Gasteiger partial charge < -0.3 is 0 Å². The Balaban J connectivity index is 2.73. The van der Waals surface area contributed by atoms with Gasteiger partial charge in [0.1, 0.15) is 0 Å². The van der Waals surface area contributed by atoms with E-state index in [0.717, 1.165) is 22.0 Å². The van der Waals surface area contributed by atoms with E-state index in [0.29, 0.717) is 12.2 Å². The van der Waals surface area contributed by atoms with Gasteiger partial charge in [-0.05, 0) is 42.0 Å². The molecular formula is C13H15BrO. The highest BCUT2D eigenvalue weighted by Crippen LogP contribution is 2.39. The first-order valence-corrected chi connectivity index (χ1v) is 6.05. The molecule has 1 aromatic rings. The molecule has 0 aliphatic heterocycles. The van der Waals surface area contributed by atoms with Crippen LogP contribution in [0.15, 0.2) is 16.6 Å². The molecule has 2 rings (SSSR count). The lowest BCUT2D eigenvalue weighted by Crippen LogP contribution is -2.28. The third-order valence-corrected chi connectivity index (χ3v) is 3.74. The van der Waals surface area contributed by atoms with Crippen molar-refractivity contribution in [3.05, 3.63) is 33.3 Å². The second kappa shape index (κ2) is 3.44. The number of benzene rings is 1. The minimum Gasteiger partial charge on any atom is -0.294 e. The fraction of sp³-hybridized carbons (Fsp3) is 0.462. The molecule has 1 aliphatic carbocycles. The van der Waals surface area contributed by atoms with E-state index in [4.69, 9.17) is 0 Å². The maximum absolute atomic E-state index is 11.9. The predicted octanol–water partition coefficient (Wildman–Crippen LogP) is 4.01. The van der Waals surface area contributed by atoms with Crippen molar-refractivity contribution in [2.45, 2.75) is 39.0 Å². The maximum Gasteiger partial charge on any atom is 0.163 e.